The molecule has 0 amide bonds. The molecule has 110 valence electrons. The van der Waals surface area contributed by atoms with Gasteiger partial charge >= 0.3 is 0 Å². The highest BCUT2D eigenvalue weighted by atomic mass is 35.5. The van der Waals surface area contributed by atoms with Gasteiger partial charge in [-0.2, -0.15) is 0 Å². The molecule has 1 atom stereocenters. The number of ketones is 1. The van der Waals surface area contributed by atoms with Crippen LogP contribution in [0.3, 0.4) is 0 Å². The third-order valence-corrected chi connectivity index (χ3v) is 3.93. The van der Waals surface area contributed by atoms with Crippen LogP contribution in [0.4, 0.5) is 0 Å². The Morgan fingerprint density at radius 2 is 1.90 bits per heavy atom. The zero-order valence-electron chi connectivity index (χ0n) is 12.5. The van der Waals surface area contributed by atoms with E-state index in [0.717, 1.165) is 19.5 Å². The van der Waals surface area contributed by atoms with Gasteiger partial charge in [0.2, 0.25) is 0 Å². The first kappa shape index (κ1) is 16.9. The van der Waals surface area contributed by atoms with Crippen molar-refractivity contribution in [2.24, 2.45) is 11.3 Å². The molecule has 2 nitrogen and oxygen atoms in total. The van der Waals surface area contributed by atoms with Crippen LogP contribution in [0.2, 0.25) is 0 Å². The molecule has 0 saturated heterocycles. The van der Waals surface area contributed by atoms with Gasteiger partial charge in [0.1, 0.15) is 0 Å². The SMILES string of the molecule is CC1=CC(=O)C(CNCc2ccccc2)C(C)(C)C1.Cl. The van der Waals surface area contributed by atoms with Gasteiger partial charge in [0, 0.05) is 19.0 Å². The van der Waals surface area contributed by atoms with Gasteiger partial charge in [0.05, 0.1) is 0 Å². The van der Waals surface area contributed by atoms with E-state index in [1.807, 2.05) is 31.2 Å². The molecular formula is C17H24ClNO. The number of allylic oxidation sites excluding steroid dienone is 2. The van der Waals surface area contributed by atoms with Crippen molar-refractivity contribution in [1.29, 1.82) is 0 Å². The number of carbonyl (C=O) groups is 1. The zero-order chi connectivity index (χ0) is 13.9. The van der Waals surface area contributed by atoms with Crippen LogP contribution in [0, 0.1) is 11.3 Å². The van der Waals surface area contributed by atoms with Gasteiger partial charge in [-0.1, -0.05) is 49.8 Å². The van der Waals surface area contributed by atoms with Crippen molar-refractivity contribution >= 4 is 18.2 Å². The molecule has 20 heavy (non-hydrogen) atoms. The number of nitrogens with one attached hydrogen (secondary N) is 1. The van der Waals surface area contributed by atoms with E-state index in [4.69, 9.17) is 0 Å². The first-order valence-electron chi connectivity index (χ1n) is 6.95. The minimum absolute atomic E-state index is 0. The van der Waals surface area contributed by atoms with E-state index in [-0.39, 0.29) is 29.5 Å². The predicted molar refractivity (Wildman–Crippen MR) is 86.0 cm³/mol. The summed E-state index contributed by atoms with van der Waals surface area (Å²) in [4.78, 5) is 12.1. The Bertz CT molecular complexity index is 479. The van der Waals surface area contributed by atoms with Gasteiger partial charge in [-0.15, -0.1) is 12.4 Å². The zero-order valence-corrected chi connectivity index (χ0v) is 13.3. The molecule has 1 aliphatic rings. The van der Waals surface area contributed by atoms with E-state index in [9.17, 15) is 4.79 Å². The maximum atomic E-state index is 12.1. The van der Waals surface area contributed by atoms with Crippen LogP contribution in [0.1, 0.15) is 32.8 Å². The van der Waals surface area contributed by atoms with Crippen LogP contribution < -0.4 is 5.32 Å². The molecule has 0 aromatic heterocycles. The largest absolute Gasteiger partial charge is 0.312 e. The summed E-state index contributed by atoms with van der Waals surface area (Å²) in [6.45, 7) is 8.01. The van der Waals surface area contributed by atoms with Crippen molar-refractivity contribution in [3.8, 4) is 0 Å². The smallest absolute Gasteiger partial charge is 0.160 e. The van der Waals surface area contributed by atoms with Gasteiger partial charge in [-0.05, 0) is 30.4 Å². The maximum Gasteiger partial charge on any atom is 0.160 e. The second kappa shape index (κ2) is 7.05. The van der Waals surface area contributed by atoms with E-state index in [0.29, 0.717) is 0 Å². The fraction of sp³-hybridized carbons (Fsp3) is 0.471. The molecule has 1 aromatic rings. The normalized spacial score (nSPS) is 21.1. The standard InChI is InChI=1S/C17H23NO.ClH/c1-13-9-16(19)15(17(2,3)10-13)12-18-11-14-7-5-4-6-8-14;/h4-9,15,18H,10-12H2,1-3H3;1H. The fourth-order valence-corrected chi connectivity index (χ4v) is 2.96. The molecule has 1 aliphatic carbocycles. The molecule has 1 aromatic carbocycles. The van der Waals surface area contributed by atoms with E-state index in [1.54, 1.807) is 0 Å². The molecule has 0 spiro atoms. The van der Waals surface area contributed by atoms with Gasteiger partial charge in [-0.3, -0.25) is 4.79 Å². The number of hydrogen-bond donors (Lipinski definition) is 1. The molecule has 3 heteroatoms. The summed E-state index contributed by atoms with van der Waals surface area (Å²) in [5.41, 5.74) is 2.52. The average molecular weight is 294 g/mol. The monoisotopic (exact) mass is 293 g/mol. The lowest BCUT2D eigenvalue weighted by Gasteiger charge is -2.36. The third kappa shape index (κ3) is 4.19. The molecule has 1 unspecified atom stereocenters. The summed E-state index contributed by atoms with van der Waals surface area (Å²) in [5, 5.41) is 3.42. The average Bonchev–Trinajstić information content (AvgIpc) is 2.33. The Labute approximate surface area is 128 Å². The minimum Gasteiger partial charge on any atom is -0.312 e. The second-order valence-corrected chi connectivity index (χ2v) is 6.23. The molecular weight excluding hydrogens is 270 g/mol. The van der Waals surface area contributed by atoms with Crippen LogP contribution in [0.5, 0.6) is 0 Å². The Balaban J connectivity index is 0.00000200. The highest BCUT2D eigenvalue weighted by Gasteiger charge is 2.36. The molecule has 1 N–H and O–H groups in total. The summed E-state index contributed by atoms with van der Waals surface area (Å²) >= 11 is 0. The lowest BCUT2D eigenvalue weighted by molar-refractivity contribution is -0.122. The van der Waals surface area contributed by atoms with Crippen molar-refractivity contribution in [2.75, 3.05) is 6.54 Å². The van der Waals surface area contributed by atoms with E-state index in [2.05, 4.69) is 31.3 Å². The molecule has 0 bridgehead atoms. The summed E-state index contributed by atoms with van der Waals surface area (Å²) in [5.74, 6) is 0.356. The Morgan fingerprint density at radius 1 is 1.25 bits per heavy atom. The Morgan fingerprint density at radius 3 is 2.50 bits per heavy atom. The van der Waals surface area contributed by atoms with Gasteiger partial charge in [0.15, 0.2) is 5.78 Å². The molecule has 0 saturated carbocycles. The van der Waals surface area contributed by atoms with Crippen LogP contribution in [0.15, 0.2) is 42.0 Å². The molecule has 0 heterocycles. The lowest BCUT2D eigenvalue weighted by Crippen LogP contribution is -2.40. The van der Waals surface area contributed by atoms with Crippen molar-refractivity contribution in [2.45, 2.75) is 33.7 Å². The molecule has 0 aliphatic heterocycles. The summed E-state index contributed by atoms with van der Waals surface area (Å²) in [6, 6.07) is 10.3. The number of carbonyl (C=O) groups excluding carboxylic acids is 1. The highest BCUT2D eigenvalue weighted by molar-refractivity contribution is 5.94. The minimum atomic E-state index is 0. The first-order chi connectivity index (χ1) is 8.99. The van der Waals surface area contributed by atoms with Crippen molar-refractivity contribution in [3.63, 3.8) is 0 Å². The Kier molecular flexibility index (Phi) is 5.97. The number of halogens is 1. The number of rotatable bonds is 4. The molecule has 2 rings (SSSR count). The second-order valence-electron chi connectivity index (χ2n) is 6.23. The van der Waals surface area contributed by atoms with Crippen LogP contribution in [0.25, 0.3) is 0 Å². The fourth-order valence-electron chi connectivity index (χ4n) is 2.96. The van der Waals surface area contributed by atoms with Crippen molar-refractivity contribution in [3.05, 3.63) is 47.5 Å². The topological polar surface area (TPSA) is 29.1 Å². The lowest BCUT2D eigenvalue weighted by atomic mass is 9.69. The van der Waals surface area contributed by atoms with Gasteiger partial charge < -0.3 is 5.32 Å². The number of benzene rings is 1. The number of hydrogen-bond acceptors (Lipinski definition) is 2. The molecule has 0 radical (unpaired) electrons. The summed E-state index contributed by atoms with van der Waals surface area (Å²) < 4.78 is 0. The summed E-state index contributed by atoms with van der Waals surface area (Å²) in [7, 11) is 0. The highest BCUT2D eigenvalue weighted by Crippen LogP contribution is 2.38. The van der Waals surface area contributed by atoms with Crippen molar-refractivity contribution < 1.29 is 4.79 Å². The maximum absolute atomic E-state index is 12.1. The predicted octanol–water partition coefficient (Wildman–Crippen LogP) is 3.76. The van der Waals surface area contributed by atoms with Gasteiger partial charge in [-0.25, -0.2) is 0 Å². The van der Waals surface area contributed by atoms with E-state index in [1.165, 1.54) is 11.1 Å². The van der Waals surface area contributed by atoms with Crippen LogP contribution in [-0.4, -0.2) is 12.3 Å². The third-order valence-electron chi connectivity index (χ3n) is 3.93. The van der Waals surface area contributed by atoms with Crippen LogP contribution >= 0.6 is 12.4 Å². The van der Waals surface area contributed by atoms with E-state index < -0.39 is 0 Å². The molecule has 0 fully saturated rings. The van der Waals surface area contributed by atoms with E-state index >= 15 is 0 Å². The summed E-state index contributed by atoms with van der Waals surface area (Å²) in [6.07, 6.45) is 2.83. The Hall–Kier alpha value is -1.12. The van der Waals surface area contributed by atoms with Gasteiger partial charge in [0.25, 0.3) is 0 Å². The van der Waals surface area contributed by atoms with Crippen molar-refractivity contribution in [1.82, 2.24) is 5.32 Å². The first-order valence-corrected chi connectivity index (χ1v) is 6.95. The quantitative estimate of drug-likeness (QED) is 0.916. The van der Waals surface area contributed by atoms with Crippen LogP contribution in [-0.2, 0) is 11.3 Å².